The van der Waals surface area contributed by atoms with Gasteiger partial charge in [0.05, 0.1) is 11.1 Å². The molecule has 7 aromatic rings. The Balaban J connectivity index is 1.50. The third kappa shape index (κ3) is 4.72. The van der Waals surface area contributed by atoms with Gasteiger partial charge in [-0.15, -0.1) is 0 Å². The monoisotopic (exact) mass is 539 g/mol. The van der Waals surface area contributed by atoms with Crippen molar-refractivity contribution in [1.29, 1.82) is 0 Å². The van der Waals surface area contributed by atoms with Gasteiger partial charge >= 0.3 is 6.18 Å². The topological polar surface area (TPSA) is 12.9 Å². The summed E-state index contributed by atoms with van der Waals surface area (Å²) < 4.78 is 44.8. The zero-order valence-electron chi connectivity index (χ0n) is 22.0. The van der Waals surface area contributed by atoms with Gasteiger partial charge in [-0.2, -0.15) is 13.2 Å². The lowest BCUT2D eigenvalue weighted by molar-refractivity contribution is -0.137. The Labute approximate surface area is 235 Å². The van der Waals surface area contributed by atoms with Crippen LogP contribution in [0.15, 0.2) is 134 Å². The summed E-state index contributed by atoms with van der Waals surface area (Å²) in [5.74, 6) is 0. The van der Waals surface area contributed by atoms with E-state index in [1.165, 1.54) is 6.07 Å². The summed E-state index contributed by atoms with van der Waals surface area (Å²) in [4.78, 5) is 4.52. The van der Waals surface area contributed by atoms with Crippen molar-refractivity contribution in [3.8, 4) is 22.3 Å². The highest BCUT2D eigenvalue weighted by molar-refractivity contribution is 5.95. The van der Waals surface area contributed by atoms with Crippen molar-refractivity contribution in [1.82, 2.24) is 4.98 Å². The van der Waals surface area contributed by atoms with Crippen molar-refractivity contribution in [2.24, 2.45) is 0 Å². The van der Waals surface area contributed by atoms with Crippen LogP contribution in [-0.4, -0.2) is 4.98 Å². The molecule has 0 N–H and O–H groups in total. The number of pyridine rings is 1. The molecule has 0 fully saturated rings. The molecule has 0 radical (unpaired) electrons. The van der Waals surface area contributed by atoms with Crippen LogP contribution in [0, 0.1) is 0 Å². The first-order chi connectivity index (χ1) is 19.9. The van der Waals surface area contributed by atoms with Gasteiger partial charge in [0.25, 0.3) is 0 Å². The van der Waals surface area contributed by atoms with Gasteiger partial charge in [0.15, 0.2) is 0 Å². The van der Waals surface area contributed by atoms with E-state index in [2.05, 4.69) is 4.98 Å². The average Bonchev–Trinajstić information content (AvgIpc) is 3.00. The Kier molecular flexibility index (Phi) is 6.05. The molecule has 4 heteroatoms. The molecule has 0 unspecified atom stereocenters. The normalized spacial score (nSPS) is 11.9. The summed E-state index contributed by atoms with van der Waals surface area (Å²) in [6.07, 6.45) is -2.63. The molecule has 0 aliphatic rings. The SMILES string of the molecule is FC(F)(F)c1cc(Cc2cccc3ccccc23)cc(-c2ccc3ccccc3c2)c1-c1cnc2ccccc2c1. The third-order valence-corrected chi connectivity index (χ3v) is 7.72. The predicted octanol–water partition coefficient (Wildman–Crippen LogP) is 10.5. The highest BCUT2D eigenvalue weighted by atomic mass is 19.4. The number of halogens is 3. The molecule has 0 amide bonds. The van der Waals surface area contributed by atoms with E-state index in [1.54, 1.807) is 6.20 Å². The predicted molar refractivity (Wildman–Crippen MR) is 162 cm³/mol. The Morgan fingerprint density at radius 3 is 2.07 bits per heavy atom. The van der Waals surface area contributed by atoms with E-state index < -0.39 is 11.7 Å². The number of alkyl halides is 3. The second-order valence-electron chi connectivity index (χ2n) is 10.4. The molecule has 0 atom stereocenters. The number of nitrogens with zero attached hydrogens (tertiary/aromatic N) is 1. The fourth-order valence-electron chi connectivity index (χ4n) is 5.80. The lowest BCUT2D eigenvalue weighted by Gasteiger charge is -2.21. The van der Waals surface area contributed by atoms with Crippen LogP contribution in [0.1, 0.15) is 16.7 Å². The standard InChI is InChI=1S/C37H24F3N/c38-37(39,40)34-20-24(18-28-13-7-12-26-9-3-5-14-32(26)28)19-33(29-17-16-25-8-1-2-10-27(25)21-29)36(34)31-22-30-11-4-6-15-35(30)41-23-31/h1-17,19-23H,18H2. The molecule has 198 valence electrons. The summed E-state index contributed by atoms with van der Waals surface area (Å²) in [5, 5.41) is 4.91. The van der Waals surface area contributed by atoms with Gasteiger partial charge in [0, 0.05) is 22.7 Å². The van der Waals surface area contributed by atoms with Gasteiger partial charge in [-0.1, -0.05) is 103 Å². The number of aromatic nitrogens is 1. The van der Waals surface area contributed by atoms with Crippen molar-refractivity contribution in [3.05, 3.63) is 150 Å². The van der Waals surface area contributed by atoms with E-state index in [-0.39, 0.29) is 5.56 Å². The zero-order chi connectivity index (χ0) is 28.0. The summed E-state index contributed by atoms with van der Waals surface area (Å²) in [6, 6.07) is 40.2. The first kappa shape index (κ1) is 25.0. The van der Waals surface area contributed by atoms with Crippen molar-refractivity contribution in [2.75, 3.05) is 0 Å². The van der Waals surface area contributed by atoms with Crippen LogP contribution >= 0.6 is 0 Å². The number of benzene rings is 6. The van der Waals surface area contributed by atoms with E-state index in [9.17, 15) is 13.2 Å². The van der Waals surface area contributed by atoms with Crippen LogP contribution in [0.5, 0.6) is 0 Å². The minimum Gasteiger partial charge on any atom is -0.256 e. The highest BCUT2D eigenvalue weighted by Gasteiger charge is 2.36. The molecule has 1 nitrogen and oxygen atoms in total. The molecular formula is C37H24F3N. The summed E-state index contributed by atoms with van der Waals surface area (Å²) in [6.45, 7) is 0. The Bertz CT molecular complexity index is 2070. The van der Waals surface area contributed by atoms with Crippen molar-refractivity contribution in [2.45, 2.75) is 12.6 Å². The van der Waals surface area contributed by atoms with Crippen LogP contribution < -0.4 is 0 Å². The van der Waals surface area contributed by atoms with E-state index in [1.807, 2.05) is 121 Å². The highest BCUT2D eigenvalue weighted by Crippen LogP contribution is 2.44. The molecule has 1 aromatic heterocycles. The molecule has 41 heavy (non-hydrogen) atoms. The van der Waals surface area contributed by atoms with Crippen molar-refractivity contribution in [3.63, 3.8) is 0 Å². The number of para-hydroxylation sites is 1. The smallest absolute Gasteiger partial charge is 0.256 e. The fraction of sp³-hybridized carbons (Fsp3) is 0.0541. The average molecular weight is 540 g/mol. The lowest BCUT2D eigenvalue weighted by Crippen LogP contribution is -2.10. The number of fused-ring (bicyclic) bond motifs is 3. The Hall–Kier alpha value is -4.96. The second-order valence-corrected chi connectivity index (χ2v) is 10.4. The minimum atomic E-state index is -4.57. The van der Waals surface area contributed by atoms with Gasteiger partial charge in [-0.3, -0.25) is 4.98 Å². The molecule has 0 aliphatic heterocycles. The molecule has 0 aliphatic carbocycles. The zero-order valence-corrected chi connectivity index (χ0v) is 22.0. The van der Waals surface area contributed by atoms with Gasteiger partial charge < -0.3 is 0 Å². The van der Waals surface area contributed by atoms with Gasteiger partial charge in [0.1, 0.15) is 0 Å². The van der Waals surface area contributed by atoms with Crippen LogP contribution in [0.4, 0.5) is 13.2 Å². The molecule has 0 bridgehead atoms. The first-order valence-corrected chi connectivity index (χ1v) is 13.5. The molecule has 0 saturated heterocycles. The van der Waals surface area contributed by atoms with Crippen LogP contribution in [0.2, 0.25) is 0 Å². The first-order valence-electron chi connectivity index (χ1n) is 13.5. The van der Waals surface area contributed by atoms with Crippen molar-refractivity contribution < 1.29 is 13.2 Å². The third-order valence-electron chi connectivity index (χ3n) is 7.72. The summed E-state index contributed by atoms with van der Waals surface area (Å²) in [7, 11) is 0. The summed E-state index contributed by atoms with van der Waals surface area (Å²) >= 11 is 0. The van der Waals surface area contributed by atoms with Crippen LogP contribution in [-0.2, 0) is 12.6 Å². The van der Waals surface area contributed by atoms with Gasteiger partial charge in [0.2, 0.25) is 0 Å². The Morgan fingerprint density at radius 1 is 0.561 bits per heavy atom. The van der Waals surface area contributed by atoms with Crippen molar-refractivity contribution >= 4 is 32.4 Å². The molecule has 0 saturated carbocycles. The lowest BCUT2D eigenvalue weighted by atomic mass is 9.86. The van der Waals surface area contributed by atoms with E-state index in [0.717, 1.165) is 43.6 Å². The molecule has 1 heterocycles. The maximum Gasteiger partial charge on any atom is 0.417 e. The Morgan fingerprint density at radius 2 is 1.24 bits per heavy atom. The largest absolute Gasteiger partial charge is 0.417 e. The van der Waals surface area contributed by atoms with E-state index >= 15 is 0 Å². The molecule has 7 rings (SSSR count). The van der Waals surface area contributed by atoms with Crippen LogP contribution in [0.3, 0.4) is 0 Å². The summed E-state index contributed by atoms with van der Waals surface area (Å²) in [5.41, 5.74) is 3.54. The maximum atomic E-state index is 14.9. The second kappa shape index (κ2) is 9.90. The maximum absolute atomic E-state index is 14.9. The van der Waals surface area contributed by atoms with Gasteiger partial charge in [-0.05, 0) is 74.5 Å². The van der Waals surface area contributed by atoms with E-state index in [0.29, 0.717) is 23.1 Å². The fourth-order valence-corrected chi connectivity index (χ4v) is 5.80. The van der Waals surface area contributed by atoms with Crippen LogP contribution in [0.25, 0.3) is 54.7 Å². The van der Waals surface area contributed by atoms with Gasteiger partial charge in [-0.25, -0.2) is 0 Å². The molecular weight excluding hydrogens is 515 g/mol. The molecule has 6 aromatic carbocycles. The number of rotatable bonds is 4. The minimum absolute atomic E-state index is 0.146. The molecule has 0 spiro atoms. The number of hydrogen-bond donors (Lipinski definition) is 0. The van der Waals surface area contributed by atoms with E-state index in [4.69, 9.17) is 0 Å². The quantitative estimate of drug-likeness (QED) is 0.217. The number of hydrogen-bond acceptors (Lipinski definition) is 1.